The monoisotopic (exact) mass is 384 g/mol. The molecule has 0 aliphatic rings. The first-order valence-electron chi connectivity index (χ1n) is 7.15. The average molecular weight is 385 g/mol. The summed E-state index contributed by atoms with van der Waals surface area (Å²) in [5.41, 5.74) is 1.76. The molecular formula is C16H15Cl2N2O3P. The lowest BCUT2D eigenvalue weighted by Gasteiger charge is -2.18. The number of aliphatic hydroxyl groups excluding tert-OH is 2. The Kier molecular flexibility index (Phi) is 5.28. The van der Waals surface area contributed by atoms with E-state index in [4.69, 9.17) is 33.0 Å². The van der Waals surface area contributed by atoms with Gasteiger partial charge in [0, 0.05) is 28.9 Å². The number of hydrogen-bond donors (Lipinski definition) is 3. The Bertz CT molecular complexity index is 885. The fourth-order valence-corrected chi connectivity index (χ4v) is 3.49. The van der Waals surface area contributed by atoms with Gasteiger partial charge in [-0.25, -0.2) is 4.98 Å². The largest absolute Gasteiger partial charge is 0.490 e. The summed E-state index contributed by atoms with van der Waals surface area (Å²) in [6.45, 7) is 0.00152. The van der Waals surface area contributed by atoms with Crippen LogP contribution in [-0.4, -0.2) is 33.4 Å². The van der Waals surface area contributed by atoms with E-state index in [2.05, 4.69) is 19.2 Å². The number of nitrogens with zero attached hydrogens (tertiary/aromatic N) is 1. The third-order valence-corrected chi connectivity index (χ3v) is 4.72. The van der Waals surface area contributed by atoms with Crippen LogP contribution in [0.5, 0.6) is 5.75 Å². The van der Waals surface area contributed by atoms with Gasteiger partial charge in [0.25, 0.3) is 0 Å². The summed E-state index contributed by atoms with van der Waals surface area (Å²) in [7, 11) is 2.55. The lowest BCUT2D eigenvalue weighted by Crippen LogP contribution is -2.12. The summed E-state index contributed by atoms with van der Waals surface area (Å²) in [5, 5.41) is 22.0. The zero-order chi connectivity index (χ0) is 17.3. The van der Waals surface area contributed by atoms with E-state index in [1.165, 1.54) is 6.20 Å². The number of ether oxygens (including phenoxy) is 1. The Morgan fingerprint density at radius 1 is 1.33 bits per heavy atom. The number of benzene rings is 1. The lowest BCUT2D eigenvalue weighted by molar-refractivity contribution is 0.199. The number of rotatable bonds is 5. The van der Waals surface area contributed by atoms with E-state index in [9.17, 15) is 5.11 Å². The summed E-state index contributed by atoms with van der Waals surface area (Å²) in [6, 6.07) is 5.22. The van der Waals surface area contributed by atoms with Gasteiger partial charge in [0.1, 0.15) is 24.1 Å². The van der Waals surface area contributed by atoms with E-state index in [0.717, 1.165) is 10.7 Å². The van der Waals surface area contributed by atoms with Gasteiger partial charge in [0.2, 0.25) is 0 Å². The van der Waals surface area contributed by atoms with Crippen molar-refractivity contribution in [2.75, 3.05) is 13.2 Å². The molecule has 2 unspecified atom stereocenters. The maximum Gasteiger partial charge on any atom is 0.138 e. The van der Waals surface area contributed by atoms with Crippen molar-refractivity contribution in [2.24, 2.45) is 0 Å². The number of H-pyrrole nitrogens is 1. The molecule has 2 heterocycles. The predicted octanol–water partition coefficient (Wildman–Crippen LogP) is 2.82. The van der Waals surface area contributed by atoms with Gasteiger partial charge in [-0.15, -0.1) is 9.24 Å². The van der Waals surface area contributed by atoms with E-state index in [0.29, 0.717) is 32.6 Å². The minimum atomic E-state index is -0.989. The second-order valence-corrected chi connectivity index (χ2v) is 6.59. The van der Waals surface area contributed by atoms with Gasteiger partial charge >= 0.3 is 0 Å². The van der Waals surface area contributed by atoms with Crippen molar-refractivity contribution in [3.8, 4) is 5.75 Å². The highest BCUT2D eigenvalue weighted by Gasteiger charge is 2.22. The van der Waals surface area contributed by atoms with Crippen LogP contribution in [0.2, 0.25) is 10.0 Å². The smallest absolute Gasteiger partial charge is 0.138 e. The van der Waals surface area contributed by atoms with E-state index < -0.39 is 6.10 Å². The Morgan fingerprint density at radius 2 is 2.12 bits per heavy atom. The first kappa shape index (κ1) is 17.5. The number of hydrogen-bond acceptors (Lipinski definition) is 4. The van der Waals surface area contributed by atoms with Crippen LogP contribution in [0.3, 0.4) is 0 Å². The molecule has 2 aromatic heterocycles. The fourth-order valence-electron chi connectivity index (χ4n) is 2.51. The van der Waals surface area contributed by atoms with E-state index in [1.54, 1.807) is 24.4 Å². The summed E-state index contributed by atoms with van der Waals surface area (Å²) in [6.07, 6.45) is 2.23. The number of aromatic nitrogens is 2. The van der Waals surface area contributed by atoms with Crippen molar-refractivity contribution in [1.82, 2.24) is 9.97 Å². The van der Waals surface area contributed by atoms with Crippen molar-refractivity contribution in [3.05, 3.63) is 51.8 Å². The molecule has 126 valence electrons. The third-order valence-electron chi connectivity index (χ3n) is 3.62. The van der Waals surface area contributed by atoms with Crippen LogP contribution in [0, 0.1) is 0 Å². The maximum absolute atomic E-state index is 10.9. The highest BCUT2D eigenvalue weighted by atomic mass is 35.5. The molecule has 0 bridgehead atoms. The minimum absolute atomic E-state index is 0.122. The summed E-state index contributed by atoms with van der Waals surface area (Å²) in [4.78, 5) is 7.20. The van der Waals surface area contributed by atoms with E-state index in [1.807, 2.05) is 0 Å². The van der Waals surface area contributed by atoms with Crippen LogP contribution < -0.4 is 10.0 Å². The molecule has 0 aliphatic carbocycles. The zero-order valence-corrected chi connectivity index (χ0v) is 15.1. The normalized spacial score (nSPS) is 12.5. The maximum atomic E-state index is 10.9. The van der Waals surface area contributed by atoms with Gasteiger partial charge in [0.05, 0.1) is 16.7 Å². The van der Waals surface area contributed by atoms with Crippen LogP contribution in [0.4, 0.5) is 0 Å². The van der Waals surface area contributed by atoms with Crippen LogP contribution in [-0.2, 0) is 0 Å². The molecular weight excluding hydrogens is 370 g/mol. The number of pyridine rings is 1. The number of halogens is 2. The van der Waals surface area contributed by atoms with Crippen molar-refractivity contribution in [3.63, 3.8) is 0 Å². The number of aromatic amines is 1. The lowest BCUT2D eigenvalue weighted by atomic mass is 10.0. The summed E-state index contributed by atoms with van der Waals surface area (Å²) < 4.78 is 5.41. The average Bonchev–Trinajstić information content (AvgIpc) is 2.97. The van der Waals surface area contributed by atoms with Gasteiger partial charge in [-0.1, -0.05) is 29.3 Å². The molecule has 0 amide bonds. The molecule has 8 heteroatoms. The Balaban J connectivity index is 2.08. The van der Waals surface area contributed by atoms with E-state index in [-0.39, 0.29) is 13.2 Å². The number of fused-ring (bicyclic) bond motifs is 1. The first-order valence-corrected chi connectivity index (χ1v) is 8.48. The molecule has 0 radical (unpaired) electrons. The van der Waals surface area contributed by atoms with Gasteiger partial charge in [-0.2, -0.15) is 0 Å². The molecule has 3 aromatic rings. The molecule has 0 aliphatic heterocycles. The number of nitrogens with one attached hydrogen (secondary N) is 1. The molecule has 3 N–H and O–H groups in total. The van der Waals surface area contributed by atoms with Crippen LogP contribution in [0.25, 0.3) is 11.0 Å². The molecule has 2 atom stereocenters. The molecule has 1 aromatic carbocycles. The summed E-state index contributed by atoms with van der Waals surface area (Å²) in [5.74, 6) is 0.405. The topological polar surface area (TPSA) is 78.4 Å². The Morgan fingerprint density at radius 3 is 2.88 bits per heavy atom. The SMILES string of the molecule is OCCOc1ccc(P)c(C(O)c2c[nH]c3ncc(Cl)cc23)c1Cl. The number of aliphatic hydroxyl groups is 2. The Hall–Kier alpha value is -1.36. The van der Waals surface area contributed by atoms with Gasteiger partial charge in [0.15, 0.2) is 0 Å². The van der Waals surface area contributed by atoms with Gasteiger partial charge < -0.3 is 19.9 Å². The van der Waals surface area contributed by atoms with Gasteiger partial charge in [-0.3, -0.25) is 0 Å². The minimum Gasteiger partial charge on any atom is -0.490 e. The molecule has 5 nitrogen and oxygen atoms in total. The molecule has 24 heavy (non-hydrogen) atoms. The Labute approximate surface area is 150 Å². The highest BCUT2D eigenvalue weighted by molar-refractivity contribution is 7.27. The van der Waals surface area contributed by atoms with E-state index >= 15 is 0 Å². The quantitative estimate of drug-likeness (QED) is 0.591. The predicted molar refractivity (Wildman–Crippen MR) is 98.5 cm³/mol. The van der Waals surface area contributed by atoms with Crippen molar-refractivity contribution in [1.29, 1.82) is 0 Å². The van der Waals surface area contributed by atoms with Crippen molar-refractivity contribution in [2.45, 2.75) is 6.10 Å². The molecule has 0 spiro atoms. The third kappa shape index (κ3) is 3.23. The van der Waals surface area contributed by atoms with Crippen LogP contribution >= 0.6 is 32.4 Å². The standard InChI is InChI=1S/C16H15Cl2N2O3P/c17-8-5-9-10(7-20-16(9)19-6-8)15(22)13-12(24)2-1-11(14(13)18)23-4-3-21/h1-2,5-7,15,21-22H,3-4,24H2,(H,19,20). The zero-order valence-electron chi connectivity index (χ0n) is 12.5. The second kappa shape index (κ2) is 7.26. The second-order valence-electron chi connectivity index (χ2n) is 5.15. The van der Waals surface area contributed by atoms with Crippen LogP contribution in [0.15, 0.2) is 30.6 Å². The summed E-state index contributed by atoms with van der Waals surface area (Å²) >= 11 is 12.4. The first-order chi connectivity index (χ1) is 11.5. The highest BCUT2D eigenvalue weighted by Crippen LogP contribution is 2.37. The molecule has 3 rings (SSSR count). The van der Waals surface area contributed by atoms with Crippen LogP contribution in [0.1, 0.15) is 17.2 Å². The molecule has 0 fully saturated rings. The van der Waals surface area contributed by atoms with Crippen molar-refractivity contribution >= 4 is 48.8 Å². The van der Waals surface area contributed by atoms with Crippen molar-refractivity contribution < 1.29 is 14.9 Å². The molecule has 0 saturated heterocycles. The molecule has 0 saturated carbocycles. The van der Waals surface area contributed by atoms with Gasteiger partial charge in [-0.05, 0) is 17.4 Å². The fraction of sp³-hybridized carbons (Fsp3) is 0.188.